The average Bonchev–Trinajstić information content (AvgIpc) is 3.15. The smallest absolute Gasteiger partial charge is 0.315 e. The quantitative estimate of drug-likeness (QED) is 0.805. The fourth-order valence-electron chi connectivity index (χ4n) is 4.29. The first-order valence-corrected chi connectivity index (χ1v) is 10.5. The van der Waals surface area contributed by atoms with Crippen molar-refractivity contribution in [1.82, 2.24) is 15.5 Å². The molecule has 0 saturated carbocycles. The molecule has 1 heterocycles. The third-order valence-electron chi connectivity index (χ3n) is 6.09. The third kappa shape index (κ3) is 5.02. The summed E-state index contributed by atoms with van der Waals surface area (Å²) in [5.41, 5.74) is 4.05. The molecule has 1 aliphatic carbocycles. The highest BCUT2D eigenvalue weighted by molar-refractivity contribution is 5.79. The molecule has 5 heteroatoms. The minimum Gasteiger partial charge on any atom is -0.342 e. The van der Waals surface area contributed by atoms with Crippen molar-refractivity contribution in [3.05, 3.63) is 34.9 Å². The van der Waals surface area contributed by atoms with Gasteiger partial charge in [0, 0.05) is 31.6 Å². The third-order valence-corrected chi connectivity index (χ3v) is 6.09. The molecule has 2 N–H and O–H groups in total. The molecule has 0 radical (unpaired) electrons. The Morgan fingerprint density at radius 3 is 2.52 bits per heavy atom. The predicted molar refractivity (Wildman–Crippen MR) is 108 cm³/mol. The number of hydrogen-bond acceptors (Lipinski definition) is 2. The maximum atomic E-state index is 12.5. The zero-order valence-corrected chi connectivity index (χ0v) is 16.7. The van der Waals surface area contributed by atoms with Crippen LogP contribution in [0.5, 0.6) is 0 Å². The monoisotopic (exact) mass is 371 g/mol. The largest absolute Gasteiger partial charge is 0.342 e. The molecule has 5 nitrogen and oxygen atoms in total. The molecule has 3 amide bonds. The van der Waals surface area contributed by atoms with Crippen molar-refractivity contribution in [1.29, 1.82) is 0 Å². The lowest BCUT2D eigenvalue weighted by atomic mass is 9.98. The number of amides is 3. The first-order chi connectivity index (χ1) is 13.1. The van der Waals surface area contributed by atoms with E-state index in [2.05, 4.69) is 42.7 Å². The maximum absolute atomic E-state index is 12.5. The van der Waals surface area contributed by atoms with E-state index >= 15 is 0 Å². The highest BCUT2D eigenvalue weighted by atomic mass is 16.2. The fourth-order valence-corrected chi connectivity index (χ4v) is 4.29. The molecule has 3 rings (SSSR count). The van der Waals surface area contributed by atoms with Crippen LogP contribution in [0.3, 0.4) is 0 Å². The van der Waals surface area contributed by atoms with Gasteiger partial charge in [-0.3, -0.25) is 4.79 Å². The summed E-state index contributed by atoms with van der Waals surface area (Å²) in [5.74, 6) is 0.421. The Labute approximate surface area is 162 Å². The Balaban J connectivity index is 1.40. The average molecular weight is 372 g/mol. The summed E-state index contributed by atoms with van der Waals surface area (Å²) in [6.45, 7) is 6.19. The van der Waals surface area contributed by atoms with Crippen molar-refractivity contribution in [3.8, 4) is 0 Å². The van der Waals surface area contributed by atoms with Crippen LogP contribution in [0.1, 0.15) is 62.6 Å². The van der Waals surface area contributed by atoms with Gasteiger partial charge in [-0.2, -0.15) is 0 Å². The van der Waals surface area contributed by atoms with E-state index in [0.29, 0.717) is 6.54 Å². The molecule has 0 atom stereocenters. The number of nitrogens with one attached hydrogen (secondary N) is 2. The van der Waals surface area contributed by atoms with Gasteiger partial charge in [-0.25, -0.2) is 4.79 Å². The number of piperidine rings is 1. The van der Waals surface area contributed by atoms with Gasteiger partial charge in [-0.05, 0) is 61.6 Å². The summed E-state index contributed by atoms with van der Waals surface area (Å²) in [4.78, 5) is 26.7. The Bertz CT molecular complexity index is 662. The van der Waals surface area contributed by atoms with Gasteiger partial charge in [0.25, 0.3) is 0 Å². The highest BCUT2D eigenvalue weighted by Gasteiger charge is 2.27. The molecule has 1 aliphatic heterocycles. The van der Waals surface area contributed by atoms with E-state index in [0.717, 1.165) is 50.8 Å². The van der Waals surface area contributed by atoms with E-state index in [4.69, 9.17) is 0 Å². The second kappa shape index (κ2) is 9.25. The zero-order chi connectivity index (χ0) is 19.2. The van der Waals surface area contributed by atoms with Crippen LogP contribution in [0.15, 0.2) is 18.2 Å². The van der Waals surface area contributed by atoms with E-state index in [1.54, 1.807) is 0 Å². The summed E-state index contributed by atoms with van der Waals surface area (Å²) in [5, 5.41) is 6.05. The number of benzene rings is 1. The normalized spacial score (nSPS) is 17.1. The number of aryl methyl sites for hydroxylation is 2. The second-order valence-corrected chi connectivity index (χ2v) is 7.90. The molecule has 0 aromatic heterocycles. The standard InChI is InChI=1S/C22H33N3O2/c1-3-17(4-2)21(26)25-12-10-20(11-13-25)24-22(27)23-15-16-8-9-18-6-5-7-19(18)14-16/h8-9,14,17,20H,3-7,10-13,15H2,1-2H3,(H2,23,24,27). The van der Waals surface area contributed by atoms with E-state index in [1.165, 1.54) is 24.0 Å². The summed E-state index contributed by atoms with van der Waals surface area (Å²) < 4.78 is 0. The molecule has 0 bridgehead atoms. The maximum Gasteiger partial charge on any atom is 0.315 e. The summed E-state index contributed by atoms with van der Waals surface area (Å²) in [6, 6.07) is 6.58. The first kappa shape index (κ1) is 19.7. The number of rotatable bonds is 6. The van der Waals surface area contributed by atoms with E-state index in [1.807, 2.05) is 4.90 Å². The Hall–Kier alpha value is -2.04. The number of likely N-dealkylation sites (tertiary alicyclic amines) is 1. The Morgan fingerprint density at radius 2 is 1.81 bits per heavy atom. The van der Waals surface area contributed by atoms with Gasteiger partial charge in [0.15, 0.2) is 0 Å². The molecule has 1 aromatic carbocycles. The van der Waals surface area contributed by atoms with Crippen LogP contribution >= 0.6 is 0 Å². The van der Waals surface area contributed by atoms with E-state index < -0.39 is 0 Å². The van der Waals surface area contributed by atoms with Crippen molar-refractivity contribution < 1.29 is 9.59 Å². The molecular formula is C22H33N3O2. The van der Waals surface area contributed by atoms with Crippen LogP contribution in [0, 0.1) is 5.92 Å². The van der Waals surface area contributed by atoms with Gasteiger partial charge in [0.05, 0.1) is 0 Å². The lowest BCUT2D eigenvalue weighted by Crippen LogP contribution is -2.50. The van der Waals surface area contributed by atoms with Gasteiger partial charge in [-0.15, -0.1) is 0 Å². The lowest BCUT2D eigenvalue weighted by molar-refractivity contribution is -0.136. The van der Waals surface area contributed by atoms with Crippen LogP contribution < -0.4 is 10.6 Å². The van der Waals surface area contributed by atoms with Crippen molar-refractivity contribution in [2.45, 2.75) is 71.4 Å². The SMILES string of the molecule is CCC(CC)C(=O)N1CCC(NC(=O)NCc2ccc3c(c2)CCC3)CC1. The molecule has 148 valence electrons. The van der Waals surface area contributed by atoms with Crippen LogP contribution in [0.4, 0.5) is 4.79 Å². The summed E-state index contributed by atoms with van der Waals surface area (Å²) >= 11 is 0. The van der Waals surface area contributed by atoms with Crippen LogP contribution in [0.2, 0.25) is 0 Å². The lowest BCUT2D eigenvalue weighted by Gasteiger charge is -2.34. The molecule has 2 aliphatic rings. The number of fused-ring (bicyclic) bond motifs is 1. The Kier molecular flexibility index (Phi) is 6.75. The van der Waals surface area contributed by atoms with Crippen molar-refractivity contribution >= 4 is 11.9 Å². The summed E-state index contributed by atoms with van der Waals surface area (Å²) in [6.07, 6.45) is 7.05. The highest BCUT2D eigenvalue weighted by Crippen LogP contribution is 2.22. The zero-order valence-electron chi connectivity index (χ0n) is 16.7. The molecule has 1 saturated heterocycles. The number of carbonyl (C=O) groups excluding carboxylic acids is 2. The molecule has 0 spiro atoms. The minimum absolute atomic E-state index is 0.111. The van der Waals surface area contributed by atoms with Gasteiger partial charge >= 0.3 is 6.03 Å². The summed E-state index contributed by atoms with van der Waals surface area (Å²) in [7, 11) is 0. The molecule has 1 fully saturated rings. The van der Waals surface area contributed by atoms with Gasteiger partial charge < -0.3 is 15.5 Å². The molecular weight excluding hydrogens is 338 g/mol. The van der Waals surface area contributed by atoms with Crippen LogP contribution in [-0.2, 0) is 24.2 Å². The van der Waals surface area contributed by atoms with E-state index in [9.17, 15) is 9.59 Å². The molecule has 27 heavy (non-hydrogen) atoms. The fraction of sp³-hybridized carbons (Fsp3) is 0.636. The van der Waals surface area contributed by atoms with Crippen molar-refractivity contribution in [2.24, 2.45) is 5.92 Å². The predicted octanol–water partition coefficient (Wildman–Crippen LogP) is 3.40. The second-order valence-electron chi connectivity index (χ2n) is 7.90. The minimum atomic E-state index is -0.111. The van der Waals surface area contributed by atoms with E-state index in [-0.39, 0.29) is 23.9 Å². The number of urea groups is 1. The van der Waals surface area contributed by atoms with Crippen molar-refractivity contribution in [3.63, 3.8) is 0 Å². The van der Waals surface area contributed by atoms with Gasteiger partial charge in [0.2, 0.25) is 5.91 Å². The number of hydrogen-bond donors (Lipinski definition) is 2. The van der Waals surface area contributed by atoms with Crippen molar-refractivity contribution in [2.75, 3.05) is 13.1 Å². The molecule has 1 aromatic rings. The van der Waals surface area contributed by atoms with Crippen LogP contribution in [-0.4, -0.2) is 36.0 Å². The first-order valence-electron chi connectivity index (χ1n) is 10.5. The Morgan fingerprint density at radius 1 is 1.11 bits per heavy atom. The topological polar surface area (TPSA) is 61.4 Å². The number of carbonyl (C=O) groups is 2. The molecule has 0 unspecified atom stereocenters. The van der Waals surface area contributed by atoms with Gasteiger partial charge in [-0.1, -0.05) is 32.0 Å². The number of nitrogens with zero attached hydrogens (tertiary/aromatic N) is 1. The van der Waals surface area contributed by atoms with Gasteiger partial charge in [0.1, 0.15) is 0 Å². The van der Waals surface area contributed by atoms with Crippen LogP contribution in [0.25, 0.3) is 0 Å².